The molecule has 0 atom stereocenters. The Bertz CT molecular complexity index is 603. The van der Waals surface area contributed by atoms with Gasteiger partial charge in [0.2, 0.25) is 5.89 Å². The third-order valence-electron chi connectivity index (χ3n) is 3.31. The van der Waals surface area contributed by atoms with Crippen LogP contribution in [0.1, 0.15) is 35.0 Å². The molecular formula is C14H14ClN3O2. The minimum Gasteiger partial charge on any atom is -0.417 e. The van der Waals surface area contributed by atoms with E-state index < -0.39 is 0 Å². The molecule has 2 heterocycles. The number of rotatable bonds is 3. The van der Waals surface area contributed by atoms with Crippen molar-refractivity contribution in [1.29, 1.82) is 0 Å². The molecule has 104 valence electrons. The predicted octanol–water partition coefficient (Wildman–Crippen LogP) is 2.55. The van der Waals surface area contributed by atoms with Crippen LogP contribution in [0.5, 0.6) is 0 Å². The second-order valence-electron chi connectivity index (χ2n) is 4.80. The molecule has 0 aliphatic carbocycles. The first-order chi connectivity index (χ1) is 9.72. The lowest BCUT2D eigenvalue weighted by Crippen LogP contribution is -2.27. The van der Waals surface area contributed by atoms with E-state index in [4.69, 9.17) is 16.0 Å². The number of hydrogen-bond donors (Lipinski definition) is 0. The number of nitrogens with zero attached hydrogens (tertiary/aromatic N) is 3. The van der Waals surface area contributed by atoms with E-state index in [-0.39, 0.29) is 11.8 Å². The molecule has 0 spiro atoms. The number of hydrogen-bond acceptors (Lipinski definition) is 4. The van der Waals surface area contributed by atoms with Gasteiger partial charge in [-0.05, 0) is 30.5 Å². The number of amides is 1. The van der Waals surface area contributed by atoms with Crippen LogP contribution in [0.15, 0.2) is 28.7 Å². The molecule has 1 saturated heterocycles. The fourth-order valence-corrected chi connectivity index (χ4v) is 2.37. The number of halogens is 1. The van der Waals surface area contributed by atoms with Gasteiger partial charge in [-0.15, -0.1) is 10.2 Å². The van der Waals surface area contributed by atoms with Gasteiger partial charge in [0.05, 0.1) is 6.42 Å². The standard InChI is InChI=1S/C14H14ClN3O2/c15-11-5-3-10(4-6-11)9-12-16-17-13(20-12)14(19)18-7-1-2-8-18/h3-6H,1-2,7-9H2. The summed E-state index contributed by atoms with van der Waals surface area (Å²) in [5.74, 6) is 0.350. The van der Waals surface area contributed by atoms with E-state index in [1.54, 1.807) is 4.90 Å². The van der Waals surface area contributed by atoms with E-state index in [2.05, 4.69) is 10.2 Å². The van der Waals surface area contributed by atoms with Gasteiger partial charge in [-0.25, -0.2) is 0 Å². The first-order valence-corrected chi connectivity index (χ1v) is 6.96. The molecule has 1 aromatic carbocycles. The second kappa shape index (κ2) is 5.63. The summed E-state index contributed by atoms with van der Waals surface area (Å²) in [7, 11) is 0. The van der Waals surface area contributed by atoms with E-state index in [0.717, 1.165) is 31.5 Å². The van der Waals surface area contributed by atoms with Gasteiger partial charge in [0.25, 0.3) is 0 Å². The van der Waals surface area contributed by atoms with Crippen LogP contribution in [0.2, 0.25) is 5.02 Å². The van der Waals surface area contributed by atoms with Crippen LogP contribution >= 0.6 is 11.6 Å². The van der Waals surface area contributed by atoms with Gasteiger partial charge in [-0.2, -0.15) is 0 Å². The van der Waals surface area contributed by atoms with E-state index in [9.17, 15) is 4.79 Å². The van der Waals surface area contributed by atoms with Crippen LogP contribution in [-0.4, -0.2) is 34.1 Å². The Labute approximate surface area is 121 Å². The highest BCUT2D eigenvalue weighted by Crippen LogP contribution is 2.15. The molecule has 1 aliphatic rings. The Hall–Kier alpha value is -1.88. The molecule has 0 N–H and O–H groups in total. The Morgan fingerprint density at radius 3 is 2.60 bits per heavy atom. The van der Waals surface area contributed by atoms with Gasteiger partial charge in [-0.1, -0.05) is 23.7 Å². The predicted molar refractivity (Wildman–Crippen MR) is 73.7 cm³/mol. The van der Waals surface area contributed by atoms with Crippen LogP contribution in [0.3, 0.4) is 0 Å². The van der Waals surface area contributed by atoms with Crippen molar-refractivity contribution in [2.45, 2.75) is 19.3 Å². The maximum absolute atomic E-state index is 12.1. The SMILES string of the molecule is O=C(c1nnc(Cc2ccc(Cl)cc2)o1)N1CCCC1. The van der Waals surface area contributed by atoms with Crippen molar-refractivity contribution in [1.82, 2.24) is 15.1 Å². The first-order valence-electron chi connectivity index (χ1n) is 6.58. The lowest BCUT2D eigenvalue weighted by molar-refractivity contribution is 0.0751. The number of carbonyl (C=O) groups excluding carboxylic acids is 1. The third kappa shape index (κ3) is 2.82. The molecule has 3 rings (SSSR count). The third-order valence-corrected chi connectivity index (χ3v) is 3.56. The van der Waals surface area contributed by atoms with Crippen LogP contribution in [0.25, 0.3) is 0 Å². The van der Waals surface area contributed by atoms with Crippen molar-refractivity contribution >= 4 is 17.5 Å². The minimum atomic E-state index is -0.169. The molecule has 0 saturated carbocycles. The first kappa shape index (κ1) is 13.1. The van der Waals surface area contributed by atoms with E-state index >= 15 is 0 Å². The summed E-state index contributed by atoms with van der Waals surface area (Å²) in [5.41, 5.74) is 1.01. The Morgan fingerprint density at radius 2 is 1.90 bits per heavy atom. The fraction of sp³-hybridized carbons (Fsp3) is 0.357. The van der Waals surface area contributed by atoms with E-state index in [0.29, 0.717) is 17.3 Å². The zero-order chi connectivity index (χ0) is 13.9. The highest BCUT2D eigenvalue weighted by molar-refractivity contribution is 6.30. The molecule has 1 aromatic heterocycles. The smallest absolute Gasteiger partial charge is 0.311 e. The number of benzene rings is 1. The molecule has 1 fully saturated rings. The van der Waals surface area contributed by atoms with E-state index in [1.807, 2.05) is 24.3 Å². The summed E-state index contributed by atoms with van der Waals surface area (Å²) in [5, 5.41) is 8.45. The molecule has 1 aliphatic heterocycles. The van der Waals surface area contributed by atoms with Crippen LogP contribution in [0, 0.1) is 0 Å². The van der Waals surface area contributed by atoms with Gasteiger partial charge < -0.3 is 9.32 Å². The quantitative estimate of drug-likeness (QED) is 0.872. The Balaban J connectivity index is 1.70. The zero-order valence-corrected chi connectivity index (χ0v) is 11.6. The topological polar surface area (TPSA) is 59.2 Å². The maximum Gasteiger partial charge on any atom is 0.311 e. The lowest BCUT2D eigenvalue weighted by Gasteiger charge is -2.11. The Morgan fingerprint density at radius 1 is 1.20 bits per heavy atom. The second-order valence-corrected chi connectivity index (χ2v) is 5.24. The van der Waals surface area contributed by atoms with Crippen molar-refractivity contribution in [3.8, 4) is 0 Å². The summed E-state index contributed by atoms with van der Waals surface area (Å²) < 4.78 is 5.45. The van der Waals surface area contributed by atoms with Gasteiger partial charge in [0, 0.05) is 18.1 Å². The molecule has 0 unspecified atom stereocenters. The molecule has 0 bridgehead atoms. The number of likely N-dealkylation sites (tertiary alicyclic amines) is 1. The molecule has 1 amide bonds. The van der Waals surface area contributed by atoms with E-state index in [1.165, 1.54) is 0 Å². The van der Waals surface area contributed by atoms with Gasteiger partial charge in [-0.3, -0.25) is 4.79 Å². The van der Waals surface area contributed by atoms with Crippen molar-refractivity contribution in [2.24, 2.45) is 0 Å². The van der Waals surface area contributed by atoms with Crippen molar-refractivity contribution in [3.05, 3.63) is 46.6 Å². The maximum atomic E-state index is 12.1. The molecule has 5 nitrogen and oxygen atoms in total. The van der Waals surface area contributed by atoms with Crippen molar-refractivity contribution in [3.63, 3.8) is 0 Å². The molecule has 2 aromatic rings. The number of aromatic nitrogens is 2. The minimum absolute atomic E-state index is 0.0795. The van der Waals surface area contributed by atoms with Gasteiger partial charge in [0.1, 0.15) is 0 Å². The molecule has 0 radical (unpaired) electrons. The largest absolute Gasteiger partial charge is 0.417 e. The van der Waals surface area contributed by atoms with Crippen molar-refractivity contribution < 1.29 is 9.21 Å². The summed E-state index contributed by atoms with van der Waals surface area (Å²) in [6.07, 6.45) is 2.58. The van der Waals surface area contributed by atoms with Crippen LogP contribution < -0.4 is 0 Å². The summed E-state index contributed by atoms with van der Waals surface area (Å²) >= 11 is 5.83. The average molecular weight is 292 g/mol. The molecular weight excluding hydrogens is 278 g/mol. The monoisotopic (exact) mass is 291 g/mol. The van der Waals surface area contributed by atoms with Gasteiger partial charge in [0.15, 0.2) is 0 Å². The highest BCUT2D eigenvalue weighted by Gasteiger charge is 2.24. The Kier molecular flexibility index (Phi) is 3.69. The zero-order valence-electron chi connectivity index (χ0n) is 10.9. The van der Waals surface area contributed by atoms with Crippen molar-refractivity contribution in [2.75, 3.05) is 13.1 Å². The van der Waals surface area contributed by atoms with Gasteiger partial charge >= 0.3 is 11.8 Å². The summed E-state index contributed by atoms with van der Waals surface area (Å²) in [6, 6.07) is 7.41. The summed E-state index contributed by atoms with van der Waals surface area (Å²) in [4.78, 5) is 13.8. The van der Waals surface area contributed by atoms with Crippen LogP contribution in [-0.2, 0) is 6.42 Å². The average Bonchev–Trinajstić information content (AvgIpc) is 3.12. The van der Waals surface area contributed by atoms with Crippen LogP contribution in [0.4, 0.5) is 0 Å². The lowest BCUT2D eigenvalue weighted by atomic mass is 10.1. The summed E-state index contributed by atoms with van der Waals surface area (Å²) in [6.45, 7) is 1.54. The highest BCUT2D eigenvalue weighted by atomic mass is 35.5. The number of carbonyl (C=O) groups is 1. The fourth-order valence-electron chi connectivity index (χ4n) is 2.24. The molecule has 6 heteroatoms. The normalized spacial score (nSPS) is 14.8. The molecule has 20 heavy (non-hydrogen) atoms.